The molecule has 0 aliphatic carbocycles. The molecule has 0 aromatic rings. The molecule has 0 rings (SSSR count). The van der Waals surface area contributed by atoms with Crippen LogP contribution in [0.2, 0.25) is 0 Å². The third-order valence-corrected chi connectivity index (χ3v) is 0. The Morgan fingerprint density at radius 1 is 0.667 bits per heavy atom. The topological polar surface area (TPSA) is 33.5 Å². The van der Waals surface area contributed by atoms with Gasteiger partial charge in [-0.2, -0.15) is 20.8 Å². The molecular formula is C4H11NY4-2. The van der Waals surface area contributed by atoms with Crippen molar-refractivity contribution in [2.45, 2.75) is 20.8 Å². The Kier molecular flexibility index (Phi) is 123. The van der Waals surface area contributed by atoms with Crippen LogP contribution >= 0.6 is 0 Å². The quantitative estimate of drug-likeness (QED) is 0.531. The van der Waals surface area contributed by atoms with Crippen molar-refractivity contribution >= 4 is 0 Å². The van der Waals surface area contributed by atoms with E-state index in [2.05, 4.69) is 20.8 Å². The minimum absolute atomic E-state index is 0. The first-order chi connectivity index (χ1) is 1.73. The molecule has 0 saturated carbocycles. The largest absolute Gasteiger partial charge is 0.693 e. The van der Waals surface area contributed by atoms with E-state index in [0.29, 0.717) is 0 Å². The normalized spacial score (nSPS) is 4.00. The van der Waals surface area contributed by atoms with E-state index in [9.17, 15) is 0 Å². The van der Waals surface area contributed by atoms with Crippen LogP contribution in [0.1, 0.15) is 20.8 Å². The summed E-state index contributed by atoms with van der Waals surface area (Å²) in [5, 5.41) is 0. The van der Waals surface area contributed by atoms with Crippen LogP contribution in [0.4, 0.5) is 0 Å². The van der Waals surface area contributed by atoms with Crippen LogP contribution in [0, 0.1) is 5.92 Å². The molecule has 0 aromatic heterocycles. The molecular weight excluding hydrogens is 418 g/mol. The maximum Gasteiger partial charge on any atom is 0 e. The number of rotatable bonds is 0. The van der Waals surface area contributed by atoms with E-state index >= 15 is 0 Å². The molecule has 9 heavy (non-hydrogen) atoms. The number of hydrogen-bond acceptors (Lipinski definition) is 0. The van der Waals surface area contributed by atoms with Crippen molar-refractivity contribution in [3.63, 3.8) is 0 Å². The van der Waals surface area contributed by atoms with Crippen molar-refractivity contribution in [1.82, 2.24) is 0 Å². The zero-order valence-electron chi connectivity index (χ0n) is 6.39. The molecule has 4 radical (unpaired) electrons. The third kappa shape index (κ3) is 69.6. The van der Waals surface area contributed by atoms with Gasteiger partial charge < -0.3 is 12.1 Å². The fraction of sp³-hybridized carbons (Fsp3) is 0.750. The van der Waals surface area contributed by atoms with Crippen molar-refractivity contribution in [1.29, 1.82) is 0 Å². The summed E-state index contributed by atoms with van der Waals surface area (Å²) in [5.41, 5.74) is 0. The molecule has 0 heterocycles. The SMILES string of the molecule is C[C-](C)C.[NH2-].[Y].[Y].[Y].[Y]. The summed E-state index contributed by atoms with van der Waals surface area (Å²) in [6.45, 7) is 6.25. The summed E-state index contributed by atoms with van der Waals surface area (Å²) in [7, 11) is 0. The van der Waals surface area contributed by atoms with Crippen LogP contribution in [-0.4, -0.2) is 0 Å². The maximum absolute atomic E-state index is 2.08. The third-order valence-electron chi connectivity index (χ3n) is 0. The maximum atomic E-state index is 2.08. The molecule has 0 aliphatic heterocycles. The molecule has 2 N–H and O–H groups in total. The van der Waals surface area contributed by atoms with Gasteiger partial charge in [-0.05, 0) is 0 Å². The predicted octanol–water partition coefficient (Wildman–Crippen LogP) is 2.33. The molecule has 1 nitrogen and oxygen atoms in total. The fourth-order valence-corrected chi connectivity index (χ4v) is 0. The van der Waals surface area contributed by atoms with Gasteiger partial charge in [-0.1, -0.05) is 0 Å². The molecule has 46 valence electrons. The monoisotopic (exact) mass is 429 g/mol. The Balaban J connectivity index is -0.00000000450. The van der Waals surface area contributed by atoms with Crippen molar-refractivity contribution in [3.05, 3.63) is 12.1 Å². The van der Waals surface area contributed by atoms with Gasteiger partial charge >= 0.3 is 0 Å². The van der Waals surface area contributed by atoms with Crippen LogP contribution in [0.15, 0.2) is 0 Å². The molecule has 0 saturated heterocycles. The van der Waals surface area contributed by atoms with Gasteiger partial charge in [0.05, 0.1) is 0 Å². The first-order valence-corrected chi connectivity index (χ1v) is 1.50. The van der Waals surface area contributed by atoms with Crippen LogP contribution in [-0.2, 0) is 131 Å². The first kappa shape index (κ1) is 37.7. The van der Waals surface area contributed by atoms with Crippen LogP contribution < -0.4 is 0 Å². The minimum Gasteiger partial charge on any atom is -0.693 e. The van der Waals surface area contributed by atoms with Gasteiger partial charge in [0, 0.05) is 131 Å². The molecule has 0 fully saturated rings. The van der Waals surface area contributed by atoms with Gasteiger partial charge in [-0.25, -0.2) is 0 Å². The number of nitrogens with two attached hydrogens (primary N) is 1. The molecule has 0 amide bonds. The Morgan fingerprint density at radius 3 is 0.667 bits per heavy atom. The second-order valence-electron chi connectivity index (χ2n) is 1.50. The summed E-state index contributed by atoms with van der Waals surface area (Å²) in [6.07, 6.45) is 0. The van der Waals surface area contributed by atoms with Crippen molar-refractivity contribution < 1.29 is 131 Å². The predicted molar refractivity (Wildman–Crippen MR) is 25.5 cm³/mol. The van der Waals surface area contributed by atoms with Crippen LogP contribution in [0.3, 0.4) is 0 Å². The van der Waals surface area contributed by atoms with Gasteiger partial charge in [0.1, 0.15) is 0 Å². The molecule has 0 aromatic carbocycles. The van der Waals surface area contributed by atoms with Crippen molar-refractivity contribution in [2.75, 3.05) is 0 Å². The zero-order valence-corrected chi connectivity index (χ0v) is 17.7. The van der Waals surface area contributed by atoms with Gasteiger partial charge in [0.15, 0.2) is 0 Å². The fourth-order valence-electron chi connectivity index (χ4n) is 0. The van der Waals surface area contributed by atoms with E-state index in [0.717, 1.165) is 0 Å². The number of hydrogen-bond donors (Lipinski definition) is 0. The Labute approximate surface area is 160 Å². The first-order valence-electron chi connectivity index (χ1n) is 1.50. The van der Waals surface area contributed by atoms with E-state index < -0.39 is 0 Å². The van der Waals surface area contributed by atoms with Crippen molar-refractivity contribution in [3.8, 4) is 0 Å². The van der Waals surface area contributed by atoms with E-state index in [4.69, 9.17) is 0 Å². The summed E-state index contributed by atoms with van der Waals surface area (Å²) < 4.78 is 0. The minimum atomic E-state index is 0. The van der Waals surface area contributed by atoms with E-state index in [1.807, 2.05) is 0 Å². The Hall–Kier alpha value is 4.38. The smallest absolute Gasteiger partial charge is 0 e. The van der Waals surface area contributed by atoms with Crippen LogP contribution in [0.5, 0.6) is 0 Å². The molecule has 0 bridgehead atoms. The van der Waals surface area contributed by atoms with Gasteiger partial charge in [-0.3, -0.25) is 0 Å². The average Bonchev–Trinajstić information content (AvgIpc) is 0.811. The van der Waals surface area contributed by atoms with Crippen LogP contribution in [0.25, 0.3) is 6.15 Å². The van der Waals surface area contributed by atoms with Gasteiger partial charge in [0.2, 0.25) is 0 Å². The van der Waals surface area contributed by atoms with Crippen molar-refractivity contribution in [2.24, 2.45) is 0 Å². The van der Waals surface area contributed by atoms with E-state index in [1.54, 1.807) is 0 Å². The Morgan fingerprint density at radius 2 is 0.667 bits per heavy atom. The molecule has 0 atom stereocenters. The second kappa shape index (κ2) is 29.4. The average molecular weight is 429 g/mol. The zero-order chi connectivity index (χ0) is 3.58. The second-order valence-corrected chi connectivity index (χ2v) is 1.50. The van der Waals surface area contributed by atoms with Gasteiger partial charge in [-0.15, -0.1) is 0 Å². The van der Waals surface area contributed by atoms with E-state index in [-0.39, 0.29) is 137 Å². The Bertz CT molecular complexity index is 17.3. The summed E-state index contributed by atoms with van der Waals surface area (Å²) in [5.74, 6) is 1.42. The summed E-state index contributed by atoms with van der Waals surface area (Å²) >= 11 is 0. The van der Waals surface area contributed by atoms with E-state index in [1.165, 1.54) is 5.92 Å². The molecule has 0 unspecified atom stereocenters. The molecule has 0 spiro atoms. The van der Waals surface area contributed by atoms with Gasteiger partial charge in [0.25, 0.3) is 0 Å². The molecule has 0 aliphatic rings. The molecule has 5 heteroatoms. The summed E-state index contributed by atoms with van der Waals surface area (Å²) in [6, 6.07) is 0. The summed E-state index contributed by atoms with van der Waals surface area (Å²) in [4.78, 5) is 0. The standard InChI is InChI=1S/C4H9.H2N.4Y/c1-4(2)3;;;;;/h1-3H3;1H2;;;;/q2*-1;;;;.